The predicted molar refractivity (Wildman–Crippen MR) is 60.5 cm³/mol. The molecule has 1 nitrogen and oxygen atoms in total. The van der Waals surface area contributed by atoms with E-state index in [0.29, 0.717) is 12.0 Å². The van der Waals surface area contributed by atoms with Gasteiger partial charge in [-0.25, -0.2) is 0 Å². The third-order valence-corrected chi connectivity index (χ3v) is 3.02. The molecule has 0 fully saturated rings. The van der Waals surface area contributed by atoms with Crippen LogP contribution < -0.4 is 5.32 Å². The van der Waals surface area contributed by atoms with Crippen LogP contribution in [0.25, 0.3) is 0 Å². The minimum atomic E-state index is 0.440. The fraction of sp³-hybridized carbons (Fsp3) is 0.385. The highest BCUT2D eigenvalue weighted by Gasteiger charge is 2.30. The Hall–Kier alpha value is -1.08. The van der Waals surface area contributed by atoms with Gasteiger partial charge < -0.3 is 5.32 Å². The molecule has 74 valence electrons. The molecular formula is C13H17N. The Bertz CT molecular complexity index is 330. The van der Waals surface area contributed by atoms with Crippen molar-refractivity contribution in [1.29, 1.82) is 0 Å². The normalized spacial score (nSPS) is 20.8. The summed E-state index contributed by atoms with van der Waals surface area (Å²) in [6.45, 7) is 7.04. The first-order valence-corrected chi connectivity index (χ1v) is 5.30. The largest absolute Gasteiger partial charge is 0.310 e. The number of hydrogen-bond acceptors (Lipinski definition) is 1. The molecule has 2 rings (SSSR count). The summed E-state index contributed by atoms with van der Waals surface area (Å²) < 4.78 is 0. The standard InChI is InChI=1S/C13H17N/c1-3-13(14-4-2)12-9-10-7-5-6-8-11(10)12/h3,5-8,12-14H,1,4,9H2,2H3. The third kappa shape index (κ3) is 1.48. The van der Waals surface area contributed by atoms with Crippen LogP contribution in [0, 0.1) is 0 Å². The van der Waals surface area contributed by atoms with E-state index in [2.05, 4.69) is 43.1 Å². The zero-order valence-corrected chi connectivity index (χ0v) is 8.66. The minimum Gasteiger partial charge on any atom is -0.310 e. The predicted octanol–water partition coefficient (Wildman–Crippen LogP) is 2.49. The van der Waals surface area contributed by atoms with Crippen molar-refractivity contribution in [2.75, 3.05) is 6.54 Å². The number of hydrogen-bond donors (Lipinski definition) is 1. The Kier molecular flexibility index (Phi) is 2.69. The van der Waals surface area contributed by atoms with Crippen molar-refractivity contribution in [3.63, 3.8) is 0 Å². The van der Waals surface area contributed by atoms with Gasteiger partial charge in [-0.2, -0.15) is 0 Å². The molecule has 2 unspecified atom stereocenters. The second-order valence-corrected chi connectivity index (χ2v) is 3.83. The number of benzene rings is 1. The Morgan fingerprint density at radius 2 is 2.36 bits per heavy atom. The van der Waals surface area contributed by atoms with E-state index in [4.69, 9.17) is 0 Å². The quantitative estimate of drug-likeness (QED) is 0.714. The van der Waals surface area contributed by atoms with Crippen LogP contribution in [-0.2, 0) is 6.42 Å². The van der Waals surface area contributed by atoms with Crippen molar-refractivity contribution < 1.29 is 0 Å². The van der Waals surface area contributed by atoms with Crippen LogP contribution in [0.4, 0.5) is 0 Å². The Labute approximate surface area is 85.8 Å². The zero-order valence-electron chi connectivity index (χ0n) is 8.66. The van der Waals surface area contributed by atoms with Gasteiger partial charge in [0.2, 0.25) is 0 Å². The van der Waals surface area contributed by atoms with E-state index in [1.165, 1.54) is 17.5 Å². The average molecular weight is 187 g/mol. The Morgan fingerprint density at radius 1 is 1.57 bits per heavy atom. The van der Waals surface area contributed by atoms with Crippen LogP contribution in [0.2, 0.25) is 0 Å². The van der Waals surface area contributed by atoms with Crippen molar-refractivity contribution >= 4 is 0 Å². The molecule has 0 spiro atoms. The third-order valence-electron chi connectivity index (χ3n) is 3.02. The van der Waals surface area contributed by atoms with E-state index in [1.807, 2.05) is 6.08 Å². The molecule has 1 heteroatoms. The summed E-state index contributed by atoms with van der Waals surface area (Å²) in [7, 11) is 0. The minimum absolute atomic E-state index is 0.440. The zero-order chi connectivity index (χ0) is 9.97. The van der Waals surface area contributed by atoms with Gasteiger partial charge in [0.15, 0.2) is 0 Å². The molecule has 0 aliphatic heterocycles. The van der Waals surface area contributed by atoms with Crippen LogP contribution in [0.5, 0.6) is 0 Å². The summed E-state index contributed by atoms with van der Waals surface area (Å²) in [5.74, 6) is 0.642. The molecule has 1 aliphatic rings. The van der Waals surface area contributed by atoms with Crippen LogP contribution in [-0.4, -0.2) is 12.6 Å². The first-order chi connectivity index (χ1) is 6.86. The summed E-state index contributed by atoms with van der Waals surface area (Å²) in [4.78, 5) is 0. The first kappa shape index (κ1) is 9.47. The summed E-state index contributed by atoms with van der Waals surface area (Å²) in [6, 6.07) is 9.13. The lowest BCUT2D eigenvalue weighted by Gasteiger charge is -2.35. The maximum atomic E-state index is 3.89. The molecule has 1 aromatic carbocycles. The maximum absolute atomic E-state index is 3.89. The summed E-state index contributed by atoms with van der Waals surface area (Å²) in [6.07, 6.45) is 3.23. The van der Waals surface area contributed by atoms with Crippen molar-refractivity contribution in [3.05, 3.63) is 48.0 Å². The second-order valence-electron chi connectivity index (χ2n) is 3.83. The van der Waals surface area contributed by atoms with Gasteiger partial charge in [-0.05, 0) is 24.1 Å². The van der Waals surface area contributed by atoms with E-state index in [-0.39, 0.29) is 0 Å². The van der Waals surface area contributed by atoms with Gasteiger partial charge in [-0.3, -0.25) is 0 Å². The van der Waals surface area contributed by atoms with Crippen LogP contribution in [0.3, 0.4) is 0 Å². The molecule has 1 N–H and O–H groups in total. The van der Waals surface area contributed by atoms with Gasteiger partial charge in [-0.1, -0.05) is 37.3 Å². The van der Waals surface area contributed by atoms with Gasteiger partial charge in [0, 0.05) is 12.0 Å². The topological polar surface area (TPSA) is 12.0 Å². The number of likely N-dealkylation sites (N-methyl/N-ethyl adjacent to an activating group) is 1. The van der Waals surface area contributed by atoms with Gasteiger partial charge in [0.25, 0.3) is 0 Å². The van der Waals surface area contributed by atoms with E-state index >= 15 is 0 Å². The monoisotopic (exact) mass is 187 g/mol. The highest BCUT2D eigenvalue weighted by molar-refractivity contribution is 5.42. The molecule has 14 heavy (non-hydrogen) atoms. The van der Waals surface area contributed by atoms with Crippen molar-refractivity contribution in [2.24, 2.45) is 0 Å². The molecule has 0 saturated heterocycles. The first-order valence-electron chi connectivity index (χ1n) is 5.30. The van der Waals surface area contributed by atoms with Gasteiger partial charge in [0.05, 0.1) is 0 Å². The van der Waals surface area contributed by atoms with Crippen molar-refractivity contribution in [3.8, 4) is 0 Å². The lowest BCUT2D eigenvalue weighted by molar-refractivity contribution is 0.469. The second kappa shape index (κ2) is 3.97. The fourth-order valence-electron chi connectivity index (χ4n) is 2.24. The van der Waals surface area contributed by atoms with Crippen LogP contribution in [0.15, 0.2) is 36.9 Å². The molecule has 0 amide bonds. The number of fused-ring (bicyclic) bond motifs is 1. The molecule has 0 radical (unpaired) electrons. The molecule has 0 saturated carbocycles. The summed E-state index contributed by atoms with van der Waals surface area (Å²) in [5.41, 5.74) is 3.00. The van der Waals surface area contributed by atoms with E-state index in [0.717, 1.165) is 6.54 Å². The Morgan fingerprint density at radius 3 is 3.00 bits per heavy atom. The smallest absolute Gasteiger partial charge is 0.0319 e. The number of nitrogens with one attached hydrogen (secondary N) is 1. The molecule has 1 aliphatic carbocycles. The Balaban J connectivity index is 2.13. The fourth-order valence-corrected chi connectivity index (χ4v) is 2.24. The highest BCUT2D eigenvalue weighted by Crippen LogP contribution is 2.37. The van der Waals surface area contributed by atoms with Gasteiger partial charge in [0.1, 0.15) is 0 Å². The molecule has 0 bridgehead atoms. The lowest BCUT2D eigenvalue weighted by atomic mass is 9.73. The highest BCUT2D eigenvalue weighted by atomic mass is 14.9. The summed E-state index contributed by atoms with van der Waals surface area (Å²) in [5, 5.41) is 3.46. The van der Waals surface area contributed by atoms with Crippen molar-refractivity contribution in [2.45, 2.75) is 25.3 Å². The van der Waals surface area contributed by atoms with E-state index in [9.17, 15) is 0 Å². The average Bonchev–Trinajstić information content (AvgIpc) is 2.18. The molecule has 1 aromatic rings. The molecular weight excluding hydrogens is 170 g/mol. The molecule has 0 heterocycles. The lowest BCUT2D eigenvalue weighted by Crippen LogP contribution is -2.38. The van der Waals surface area contributed by atoms with E-state index in [1.54, 1.807) is 0 Å². The van der Waals surface area contributed by atoms with Crippen LogP contribution >= 0.6 is 0 Å². The SMILES string of the molecule is C=CC(NCC)C1Cc2ccccc21. The molecule has 0 aromatic heterocycles. The van der Waals surface area contributed by atoms with E-state index < -0.39 is 0 Å². The van der Waals surface area contributed by atoms with Crippen molar-refractivity contribution in [1.82, 2.24) is 5.32 Å². The molecule has 2 atom stereocenters. The van der Waals surface area contributed by atoms with Gasteiger partial charge in [-0.15, -0.1) is 6.58 Å². The van der Waals surface area contributed by atoms with Gasteiger partial charge >= 0.3 is 0 Å². The maximum Gasteiger partial charge on any atom is 0.0319 e. The summed E-state index contributed by atoms with van der Waals surface area (Å²) >= 11 is 0. The van der Waals surface area contributed by atoms with Crippen LogP contribution in [0.1, 0.15) is 24.0 Å². The number of rotatable bonds is 4.